The molecule has 2 aromatic rings. The molecule has 0 spiro atoms. The molecule has 0 aliphatic heterocycles. The Labute approximate surface area is 194 Å². The van der Waals surface area contributed by atoms with Crippen LogP contribution in [0.2, 0.25) is 0 Å². The normalized spacial score (nSPS) is 12.8. The summed E-state index contributed by atoms with van der Waals surface area (Å²) < 4.78 is 20.8. The maximum Gasteiger partial charge on any atom is 0.408 e. The largest absolute Gasteiger partial charge is 0.497 e. The molecule has 0 fully saturated rings. The molecule has 2 atom stereocenters. The molecule has 0 bridgehead atoms. The van der Waals surface area contributed by atoms with Crippen LogP contribution >= 0.6 is 0 Å². The summed E-state index contributed by atoms with van der Waals surface area (Å²) in [5, 5.41) is 2.51. The molecule has 2 rings (SSSR count). The monoisotopic (exact) mass is 457 g/mol. The number of hydrogen-bond donors (Lipinski definition) is 1. The molecule has 0 heterocycles. The van der Waals surface area contributed by atoms with Gasteiger partial charge in [-0.2, -0.15) is 0 Å². The third-order valence-electron chi connectivity index (χ3n) is 4.67. The summed E-state index contributed by atoms with van der Waals surface area (Å²) in [6.07, 6.45) is -0.717. The van der Waals surface area contributed by atoms with E-state index in [0.717, 1.165) is 11.1 Å². The molecule has 1 amide bonds. The van der Waals surface area contributed by atoms with E-state index in [1.807, 2.05) is 18.2 Å². The molecule has 0 unspecified atom stereocenters. The van der Waals surface area contributed by atoms with E-state index in [2.05, 4.69) is 5.32 Å². The number of hydrogen-bond acceptors (Lipinski definition) is 7. The van der Waals surface area contributed by atoms with Crippen LogP contribution in [0.1, 0.15) is 31.9 Å². The van der Waals surface area contributed by atoms with E-state index < -0.39 is 35.6 Å². The lowest BCUT2D eigenvalue weighted by atomic mass is 9.92. The van der Waals surface area contributed by atoms with Crippen molar-refractivity contribution in [1.29, 1.82) is 0 Å². The number of ether oxygens (including phenoxy) is 4. The topological polar surface area (TPSA) is 100 Å². The Kier molecular flexibility index (Phi) is 9.27. The van der Waals surface area contributed by atoms with Crippen molar-refractivity contribution >= 4 is 18.0 Å². The number of amides is 1. The van der Waals surface area contributed by atoms with Gasteiger partial charge in [0.25, 0.3) is 0 Å². The SMILES string of the molecule is COC(=O)[C@@H](Cc1ccc(OC)cc1)[C@H](NC(=O)OC(C)(C)C)C(=O)OCc1ccccc1. The molecule has 8 heteroatoms. The van der Waals surface area contributed by atoms with Gasteiger partial charge in [0.05, 0.1) is 20.1 Å². The first kappa shape index (κ1) is 25.7. The van der Waals surface area contributed by atoms with Crippen LogP contribution in [0.25, 0.3) is 0 Å². The molecule has 33 heavy (non-hydrogen) atoms. The number of benzene rings is 2. The zero-order valence-corrected chi connectivity index (χ0v) is 19.6. The van der Waals surface area contributed by atoms with Crippen LogP contribution in [0, 0.1) is 5.92 Å². The van der Waals surface area contributed by atoms with Gasteiger partial charge in [-0.25, -0.2) is 9.59 Å². The van der Waals surface area contributed by atoms with E-state index in [0.29, 0.717) is 5.75 Å². The molecule has 0 aliphatic carbocycles. The highest BCUT2D eigenvalue weighted by Crippen LogP contribution is 2.20. The molecular weight excluding hydrogens is 426 g/mol. The first-order chi connectivity index (χ1) is 15.6. The number of esters is 2. The number of alkyl carbamates (subject to hydrolysis) is 1. The van der Waals surface area contributed by atoms with Gasteiger partial charge in [-0.15, -0.1) is 0 Å². The molecule has 0 radical (unpaired) electrons. The predicted octanol–water partition coefficient (Wildman–Crippen LogP) is 3.66. The zero-order valence-electron chi connectivity index (χ0n) is 19.6. The second kappa shape index (κ2) is 11.9. The van der Waals surface area contributed by atoms with Gasteiger partial charge < -0.3 is 24.3 Å². The number of carbonyl (C=O) groups is 3. The Morgan fingerprint density at radius 2 is 1.52 bits per heavy atom. The van der Waals surface area contributed by atoms with Crippen LogP contribution in [-0.2, 0) is 36.8 Å². The highest BCUT2D eigenvalue weighted by atomic mass is 16.6. The summed E-state index contributed by atoms with van der Waals surface area (Å²) in [5.41, 5.74) is 0.726. The van der Waals surface area contributed by atoms with Crippen LogP contribution in [-0.4, -0.2) is 43.9 Å². The van der Waals surface area contributed by atoms with E-state index in [9.17, 15) is 14.4 Å². The summed E-state index contributed by atoms with van der Waals surface area (Å²) in [4.78, 5) is 38.2. The van der Waals surface area contributed by atoms with Gasteiger partial charge in [-0.05, 0) is 50.5 Å². The molecule has 178 valence electrons. The standard InChI is InChI=1S/C25H31NO7/c1-25(2,3)33-24(29)26-21(23(28)32-16-18-9-7-6-8-10-18)20(22(27)31-5)15-17-11-13-19(30-4)14-12-17/h6-14,20-21H,15-16H2,1-5H3,(H,26,29)/t20-,21-/m0/s1. The maximum atomic E-state index is 13.0. The van der Waals surface area contributed by atoms with Crippen molar-refractivity contribution < 1.29 is 33.3 Å². The average molecular weight is 458 g/mol. The fraction of sp³-hybridized carbons (Fsp3) is 0.400. The Morgan fingerprint density at radius 1 is 0.879 bits per heavy atom. The van der Waals surface area contributed by atoms with Crippen molar-refractivity contribution in [3.63, 3.8) is 0 Å². The second-order valence-electron chi connectivity index (χ2n) is 8.40. The summed E-state index contributed by atoms with van der Waals surface area (Å²) in [6, 6.07) is 14.8. The lowest BCUT2D eigenvalue weighted by Gasteiger charge is -2.27. The quantitative estimate of drug-likeness (QED) is 0.453. The van der Waals surface area contributed by atoms with E-state index in [1.54, 1.807) is 64.3 Å². The van der Waals surface area contributed by atoms with Gasteiger partial charge in [-0.3, -0.25) is 4.79 Å². The molecule has 0 saturated carbocycles. The number of carbonyl (C=O) groups excluding carboxylic acids is 3. The molecule has 2 aromatic carbocycles. The summed E-state index contributed by atoms with van der Waals surface area (Å²) >= 11 is 0. The van der Waals surface area contributed by atoms with Gasteiger partial charge in [0.1, 0.15) is 24.0 Å². The van der Waals surface area contributed by atoms with Crippen LogP contribution in [0.4, 0.5) is 4.79 Å². The highest BCUT2D eigenvalue weighted by Gasteiger charge is 2.38. The zero-order chi connectivity index (χ0) is 24.4. The van der Waals surface area contributed by atoms with Crippen molar-refractivity contribution in [2.75, 3.05) is 14.2 Å². The third-order valence-corrected chi connectivity index (χ3v) is 4.67. The van der Waals surface area contributed by atoms with E-state index in [4.69, 9.17) is 18.9 Å². The van der Waals surface area contributed by atoms with Crippen LogP contribution in [0.5, 0.6) is 5.75 Å². The number of rotatable bonds is 9. The Bertz CT molecular complexity index is 920. The second-order valence-corrected chi connectivity index (χ2v) is 8.40. The fourth-order valence-electron chi connectivity index (χ4n) is 3.08. The molecule has 0 saturated heterocycles. The molecule has 0 aromatic heterocycles. The minimum absolute atomic E-state index is 0.0113. The van der Waals surface area contributed by atoms with Gasteiger partial charge in [0.2, 0.25) is 0 Å². The van der Waals surface area contributed by atoms with E-state index in [-0.39, 0.29) is 13.0 Å². The van der Waals surface area contributed by atoms with Gasteiger partial charge >= 0.3 is 18.0 Å². The lowest BCUT2D eigenvalue weighted by molar-refractivity contribution is -0.157. The molecule has 1 N–H and O–H groups in total. The van der Waals surface area contributed by atoms with Gasteiger partial charge in [-0.1, -0.05) is 42.5 Å². The van der Waals surface area contributed by atoms with E-state index in [1.165, 1.54) is 7.11 Å². The Hall–Kier alpha value is -3.55. The van der Waals surface area contributed by atoms with E-state index >= 15 is 0 Å². The minimum Gasteiger partial charge on any atom is -0.497 e. The van der Waals surface area contributed by atoms with Crippen molar-refractivity contribution in [1.82, 2.24) is 5.32 Å². The molecule has 8 nitrogen and oxygen atoms in total. The number of nitrogens with one attached hydrogen (secondary N) is 1. The highest BCUT2D eigenvalue weighted by molar-refractivity contribution is 5.88. The summed E-state index contributed by atoms with van der Waals surface area (Å²) in [5.74, 6) is -1.82. The van der Waals surface area contributed by atoms with Crippen LogP contribution < -0.4 is 10.1 Å². The van der Waals surface area contributed by atoms with Crippen molar-refractivity contribution in [3.8, 4) is 5.75 Å². The predicted molar refractivity (Wildman–Crippen MR) is 122 cm³/mol. The van der Waals surface area contributed by atoms with Crippen LogP contribution in [0.15, 0.2) is 54.6 Å². The lowest BCUT2D eigenvalue weighted by Crippen LogP contribution is -2.51. The fourth-order valence-corrected chi connectivity index (χ4v) is 3.08. The van der Waals surface area contributed by atoms with Gasteiger partial charge in [0, 0.05) is 0 Å². The minimum atomic E-state index is -1.32. The van der Waals surface area contributed by atoms with Gasteiger partial charge in [0.15, 0.2) is 0 Å². The van der Waals surface area contributed by atoms with Crippen molar-refractivity contribution in [2.45, 2.75) is 45.4 Å². The summed E-state index contributed by atoms with van der Waals surface area (Å²) in [7, 11) is 2.78. The first-order valence-corrected chi connectivity index (χ1v) is 10.5. The first-order valence-electron chi connectivity index (χ1n) is 10.5. The smallest absolute Gasteiger partial charge is 0.408 e. The average Bonchev–Trinajstić information content (AvgIpc) is 2.79. The molecule has 0 aliphatic rings. The Morgan fingerprint density at radius 3 is 2.06 bits per heavy atom. The van der Waals surface area contributed by atoms with Crippen LogP contribution in [0.3, 0.4) is 0 Å². The number of methoxy groups -OCH3 is 2. The summed E-state index contributed by atoms with van der Waals surface area (Å²) in [6.45, 7) is 5.09. The maximum absolute atomic E-state index is 13.0. The van der Waals surface area contributed by atoms with Crippen molar-refractivity contribution in [3.05, 3.63) is 65.7 Å². The Balaban J connectivity index is 2.28. The molecular formula is C25H31NO7. The third kappa shape index (κ3) is 8.48. The van der Waals surface area contributed by atoms with Crippen molar-refractivity contribution in [2.24, 2.45) is 5.92 Å².